The van der Waals surface area contributed by atoms with Gasteiger partial charge in [0.05, 0.1) is 0 Å². The summed E-state index contributed by atoms with van der Waals surface area (Å²) in [6.45, 7) is 2.37. The average Bonchev–Trinajstić information content (AvgIpc) is 2.38. The fraction of sp³-hybridized carbons (Fsp3) is 0.923. The van der Waals surface area contributed by atoms with Gasteiger partial charge in [0, 0.05) is 24.8 Å². The van der Waals surface area contributed by atoms with Crippen molar-refractivity contribution in [2.75, 3.05) is 24.6 Å². The molecule has 0 aromatic rings. The van der Waals surface area contributed by atoms with Gasteiger partial charge in [0.2, 0.25) is 0 Å². The van der Waals surface area contributed by atoms with Crippen molar-refractivity contribution < 1.29 is 9.90 Å². The first kappa shape index (κ1) is 13.2. The van der Waals surface area contributed by atoms with Crippen LogP contribution in [0.3, 0.4) is 0 Å². The molecule has 0 bridgehead atoms. The van der Waals surface area contributed by atoms with Crippen LogP contribution in [-0.4, -0.2) is 46.6 Å². The summed E-state index contributed by atoms with van der Waals surface area (Å²) in [6.07, 6.45) is 6.39. The van der Waals surface area contributed by atoms with E-state index in [-0.39, 0.29) is 0 Å². The topological polar surface area (TPSA) is 40.5 Å². The van der Waals surface area contributed by atoms with Gasteiger partial charge in [-0.25, -0.2) is 0 Å². The van der Waals surface area contributed by atoms with Gasteiger partial charge in [-0.3, -0.25) is 9.69 Å². The Kier molecular flexibility index (Phi) is 5.16. The summed E-state index contributed by atoms with van der Waals surface area (Å²) < 4.78 is 0. The Balaban J connectivity index is 1.77. The van der Waals surface area contributed by atoms with Gasteiger partial charge in [-0.2, -0.15) is 11.8 Å². The Bertz CT molecular complexity index is 254. The number of carboxylic acids is 1. The van der Waals surface area contributed by atoms with E-state index in [9.17, 15) is 4.79 Å². The highest BCUT2D eigenvalue weighted by Crippen LogP contribution is 2.27. The number of nitrogens with zero attached hydrogens (tertiary/aromatic N) is 1. The second-order valence-corrected chi connectivity index (χ2v) is 6.46. The second-order valence-electron chi connectivity index (χ2n) is 5.31. The van der Waals surface area contributed by atoms with Crippen molar-refractivity contribution in [1.29, 1.82) is 0 Å². The van der Waals surface area contributed by atoms with E-state index in [1.807, 2.05) is 0 Å². The van der Waals surface area contributed by atoms with Crippen molar-refractivity contribution in [3.8, 4) is 0 Å². The molecule has 4 heteroatoms. The van der Waals surface area contributed by atoms with Crippen molar-refractivity contribution in [3.05, 3.63) is 0 Å². The van der Waals surface area contributed by atoms with Crippen molar-refractivity contribution in [2.45, 2.75) is 44.6 Å². The molecule has 98 valence electrons. The molecule has 0 amide bonds. The Morgan fingerprint density at radius 2 is 2.24 bits per heavy atom. The lowest BCUT2D eigenvalue weighted by molar-refractivity contribution is -0.137. The van der Waals surface area contributed by atoms with E-state index in [0.29, 0.717) is 12.3 Å². The number of carbonyl (C=O) groups is 1. The summed E-state index contributed by atoms with van der Waals surface area (Å²) in [5.74, 6) is 2.58. The van der Waals surface area contributed by atoms with E-state index >= 15 is 0 Å². The molecule has 2 aliphatic rings. The fourth-order valence-corrected chi connectivity index (χ4v) is 4.19. The van der Waals surface area contributed by atoms with E-state index in [0.717, 1.165) is 19.0 Å². The lowest BCUT2D eigenvalue weighted by Gasteiger charge is -2.39. The smallest absolute Gasteiger partial charge is 0.303 e. The predicted octanol–water partition coefficient (Wildman–Crippen LogP) is 2.46. The Morgan fingerprint density at radius 3 is 2.94 bits per heavy atom. The molecule has 0 radical (unpaired) electrons. The van der Waals surface area contributed by atoms with E-state index in [1.165, 1.54) is 43.7 Å². The minimum Gasteiger partial charge on any atom is -0.481 e. The zero-order valence-corrected chi connectivity index (χ0v) is 11.3. The largest absolute Gasteiger partial charge is 0.481 e. The molecule has 0 aromatic carbocycles. The van der Waals surface area contributed by atoms with Crippen LogP contribution < -0.4 is 0 Å². The quantitative estimate of drug-likeness (QED) is 0.840. The maximum Gasteiger partial charge on any atom is 0.303 e. The predicted molar refractivity (Wildman–Crippen MR) is 71.5 cm³/mol. The molecular weight excluding hydrogens is 234 g/mol. The van der Waals surface area contributed by atoms with Gasteiger partial charge in [0.1, 0.15) is 0 Å². The summed E-state index contributed by atoms with van der Waals surface area (Å²) in [5, 5.41) is 8.74. The highest BCUT2D eigenvalue weighted by atomic mass is 32.2. The Labute approximate surface area is 108 Å². The zero-order valence-electron chi connectivity index (χ0n) is 10.4. The molecule has 17 heavy (non-hydrogen) atoms. The van der Waals surface area contributed by atoms with Gasteiger partial charge >= 0.3 is 5.97 Å². The molecule has 0 aromatic heterocycles. The Hall–Kier alpha value is -0.220. The van der Waals surface area contributed by atoms with Crippen LogP contribution in [0, 0.1) is 5.92 Å². The first-order chi connectivity index (χ1) is 8.25. The van der Waals surface area contributed by atoms with Crippen LogP contribution in [-0.2, 0) is 4.79 Å². The van der Waals surface area contributed by atoms with Gasteiger partial charge in [-0.05, 0) is 50.3 Å². The summed E-state index contributed by atoms with van der Waals surface area (Å²) in [7, 11) is 0. The second kappa shape index (κ2) is 6.64. The van der Waals surface area contributed by atoms with Gasteiger partial charge in [0.15, 0.2) is 0 Å². The standard InChI is InChI=1S/C13H23NO2S/c15-13(16)6-5-11-3-1-7-14(9-11)12-4-2-8-17-10-12/h11-12H,1-10H2,(H,15,16). The van der Waals surface area contributed by atoms with Crippen LogP contribution in [0.4, 0.5) is 0 Å². The van der Waals surface area contributed by atoms with Gasteiger partial charge in [0.25, 0.3) is 0 Å². The highest BCUT2D eigenvalue weighted by Gasteiger charge is 2.27. The lowest BCUT2D eigenvalue weighted by atomic mass is 9.92. The van der Waals surface area contributed by atoms with E-state index in [4.69, 9.17) is 5.11 Å². The number of hydrogen-bond acceptors (Lipinski definition) is 3. The monoisotopic (exact) mass is 257 g/mol. The maximum atomic E-state index is 10.6. The van der Waals surface area contributed by atoms with Crippen LogP contribution in [0.5, 0.6) is 0 Å². The number of rotatable bonds is 4. The summed E-state index contributed by atoms with van der Waals surface area (Å²) in [5.41, 5.74) is 0. The molecule has 3 nitrogen and oxygen atoms in total. The number of hydrogen-bond donors (Lipinski definition) is 1. The maximum absolute atomic E-state index is 10.6. The normalized spacial score (nSPS) is 31.3. The van der Waals surface area contributed by atoms with Crippen LogP contribution in [0.1, 0.15) is 38.5 Å². The van der Waals surface area contributed by atoms with Gasteiger partial charge in [-0.1, -0.05) is 0 Å². The molecule has 0 saturated carbocycles. The van der Waals surface area contributed by atoms with Crippen LogP contribution in [0.15, 0.2) is 0 Å². The van der Waals surface area contributed by atoms with E-state index in [2.05, 4.69) is 16.7 Å². The van der Waals surface area contributed by atoms with E-state index in [1.54, 1.807) is 0 Å². The molecule has 2 saturated heterocycles. The SMILES string of the molecule is O=C(O)CCC1CCCN(C2CCCSC2)C1. The number of piperidine rings is 1. The van der Waals surface area contributed by atoms with Crippen LogP contribution in [0.25, 0.3) is 0 Å². The first-order valence-electron chi connectivity index (χ1n) is 6.79. The summed E-state index contributed by atoms with van der Waals surface area (Å²) in [4.78, 5) is 13.2. The molecule has 2 unspecified atom stereocenters. The third kappa shape index (κ3) is 4.18. The molecule has 2 atom stereocenters. The number of thioether (sulfide) groups is 1. The van der Waals surface area contributed by atoms with Crippen molar-refractivity contribution in [2.24, 2.45) is 5.92 Å². The first-order valence-corrected chi connectivity index (χ1v) is 7.95. The van der Waals surface area contributed by atoms with Gasteiger partial charge < -0.3 is 5.11 Å². The van der Waals surface area contributed by atoms with Crippen molar-refractivity contribution >= 4 is 17.7 Å². The fourth-order valence-electron chi connectivity index (χ4n) is 3.00. The van der Waals surface area contributed by atoms with Crippen molar-refractivity contribution in [1.82, 2.24) is 4.90 Å². The molecule has 2 fully saturated rings. The highest BCUT2D eigenvalue weighted by molar-refractivity contribution is 7.99. The number of likely N-dealkylation sites (tertiary alicyclic amines) is 1. The molecule has 1 N–H and O–H groups in total. The van der Waals surface area contributed by atoms with E-state index < -0.39 is 5.97 Å². The third-order valence-corrected chi connectivity index (χ3v) is 5.17. The summed E-state index contributed by atoms with van der Waals surface area (Å²) >= 11 is 2.08. The van der Waals surface area contributed by atoms with Crippen LogP contribution >= 0.6 is 11.8 Å². The molecule has 2 heterocycles. The zero-order chi connectivity index (χ0) is 12.1. The third-order valence-electron chi connectivity index (χ3n) is 3.97. The Morgan fingerprint density at radius 1 is 1.35 bits per heavy atom. The van der Waals surface area contributed by atoms with Crippen LogP contribution in [0.2, 0.25) is 0 Å². The molecule has 0 spiro atoms. The number of carboxylic acid groups (broad SMARTS) is 1. The molecule has 2 rings (SSSR count). The molecular formula is C13H23NO2S. The molecule has 0 aliphatic carbocycles. The van der Waals surface area contributed by atoms with Gasteiger partial charge in [-0.15, -0.1) is 0 Å². The minimum atomic E-state index is -0.643. The van der Waals surface area contributed by atoms with Crippen molar-refractivity contribution in [3.63, 3.8) is 0 Å². The average molecular weight is 257 g/mol. The minimum absolute atomic E-state index is 0.345. The lowest BCUT2D eigenvalue weighted by Crippen LogP contribution is -2.45. The summed E-state index contributed by atoms with van der Waals surface area (Å²) in [6, 6.07) is 0.765. The number of aliphatic carboxylic acids is 1. The molecule has 2 aliphatic heterocycles.